The monoisotopic (exact) mass is 629 g/mol. The number of nitrogens with one attached hydrogen (secondary N) is 2. The van der Waals surface area contributed by atoms with E-state index in [-0.39, 0.29) is 39.7 Å². The quantitative estimate of drug-likeness (QED) is 0.285. The molecule has 0 bridgehead atoms. The predicted molar refractivity (Wildman–Crippen MR) is 147 cm³/mol. The molecule has 3 aromatic rings. The molecule has 9 nitrogen and oxygen atoms in total. The topological polar surface area (TPSA) is 128 Å². The molecule has 2 aliphatic carbocycles. The number of fused-ring (bicyclic) bond motifs is 1. The van der Waals surface area contributed by atoms with Gasteiger partial charge in [-0.2, -0.15) is 5.10 Å². The zero-order valence-corrected chi connectivity index (χ0v) is 23.9. The van der Waals surface area contributed by atoms with E-state index in [1.54, 1.807) is 7.05 Å². The van der Waals surface area contributed by atoms with Gasteiger partial charge in [0.2, 0.25) is 10.0 Å². The molecule has 42 heavy (non-hydrogen) atoms. The van der Waals surface area contributed by atoms with Gasteiger partial charge in [-0.15, -0.1) is 13.2 Å². The van der Waals surface area contributed by atoms with Crippen LogP contribution in [0.1, 0.15) is 47.7 Å². The van der Waals surface area contributed by atoms with Crippen molar-refractivity contribution >= 4 is 39.0 Å². The minimum atomic E-state index is -4.87. The summed E-state index contributed by atoms with van der Waals surface area (Å²) in [4.78, 5) is 13.0. The molecule has 0 saturated heterocycles. The first-order valence-electron chi connectivity index (χ1n) is 13.1. The van der Waals surface area contributed by atoms with Gasteiger partial charge in [0.15, 0.2) is 0 Å². The third-order valence-electron chi connectivity index (χ3n) is 7.95. The lowest BCUT2D eigenvalue weighted by Crippen LogP contribution is -2.29. The second-order valence-corrected chi connectivity index (χ2v) is 12.9. The highest BCUT2D eigenvalue weighted by Crippen LogP contribution is 2.53. The van der Waals surface area contributed by atoms with Crippen molar-refractivity contribution in [2.45, 2.75) is 42.9 Å². The zero-order valence-electron chi connectivity index (χ0n) is 22.3. The Hall–Kier alpha value is -3.36. The number of ether oxygens (including phenoxy) is 1. The van der Waals surface area contributed by atoms with Gasteiger partial charge in [-0.3, -0.25) is 9.48 Å². The Labute approximate surface area is 244 Å². The number of nitrogen functional groups attached to an aromatic ring is 1. The number of alkyl halides is 3. The number of halogens is 5. The Morgan fingerprint density at radius 3 is 2.36 bits per heavy atom. The van der Waals surface area contributed by atoms with E-state index in [1.165, 1.54) is 16.8 Å². The lowest BCUT2D eigenvalue weighted by Gasteiger charge is -2.16. The number of anilines is 2. The zero-order chi connectivity index (χ0) is 30.4. The maximum absolute atomic E-state index is 13.5. The molecule has 1 aromatic heterocycles. The number of carbonyl (C=O) groups is 1. The van der Waals surface area contributed by atoms with Crippen molar-refractivity contribution in [1.82, 2.24) is 14.5 Å². The first-order chi connectivity index (χ1) is 19.7. The van der Waals surface area contributed by atoms with Gasteiger partial charge in [0.05, 0.1) is 15.6 Å². The number of aromatic nitrogens is 2. The van der Waals surface area contributed by atoms with Gasteiger partial charge >= 0.3 is 6.36 Å². The number of sulfonamides is 1. The third-order valence-corrected chi connectivity index (χ3v) is 9.68. The number of hydrogen-bond acceptors (Lipinski definition) is 6. The molecule has 0 radical (unpaired) electrons. The van der Waals surface area contributed by atoms with Gasteiger partial charge in [-0.05, 0) is 85.9 Å². The summed E-state index contributed by atoms with van der Waals surface area (Å²) in [7, 11) is -2.27. The van der Waals surface area contributed by atoms with Crippen LogP contribution in [0.2, 0.25) is 5.02 Å². The second kappa shape index (κ2) is 11.4. The van der Waals surface area contributed by atoms with E-state index < -0.39 is 33.9 Å². The molecular weight excluding hydrogens is 602 g/mol. The van der Waals surface area contributed by atoms with Crippen LogP contribution in [0.25, 0.3) is 0 Å². The summed E-state index contributed by atoms with van der Waals surface area (Å²) in [6.45, 7) is 0.200. The van der Waals surface area contributed by atoms with Gasteiger partial charge in [0, 0.05) is 25.2 Å². The highest BCUT2D eigenvalue weighted by atomic mass is 35.5. The lowest BCUT2D eigenvalue weighted by molar-refractivity contribution is -0.274. The number of benzene rings is 2. The molecule has 2 aliphatic rings. The van der Waals surface area contributed by atoms with E-state index >= 15 is 0 Å². The number of nitrogens with zero attached hydrogens (tertiary/aromatic N) is 2. The van der Waals surface area contributed by atoms with E-state index in [0.29, 0.717) is 23.2 Å². The van der Waals surface area contributed by atoms with Crippen molar-refractivity contribution in [3.05, 3.63) is 64.6 Å². The van der Waals surface area contributed by atoms with Crippen LogP contribution in [0.15, 0.2) is 47.4 Å². The van der Waals surface area contributed by atoms with Gasteiger partial charge in [0.1, 0.15) is 22.9 Å². The van der Waals surface area contributed by atoms with Crippen molar-refractivity contribution in [3.8, 4) is 5.75 Å². The number of carbonyl (C=O) groups excluding carboxylic acids is 1. The fourth-order valence-corrected chi connectivity index (χ4v) is 7.40. The number of nitrogens with two attached hydrogens (primary N) is 1. The normalized spacial score (nSPS) is 22.2. The minimum absolute atomic E-state index is 0.0175. The summed E-state index contributed by atoms with van der Waals surface area (Å²) >= 11 is 5.84. The number of hydrogen-bond donors (Lipinski definition) is 3. The molecule has 5 rings (SSSR count). The van der Waals surface area contributed by atoms with Crippen molar-refractivity contribution in [2.75, 3.05) is 17.6 Å². The van der Waals surface area contributed by atoms with E-state index in [4.69, 9.17) is 17.3 Å². The summed E-state index contributed by atoms with van der Waals surface area (Å²) in [6, 6.07) is 7.90. The Balaban J connectivity index is 1.19. The summed E-state index contributed by atoms with van der Waals surface area (Å²) in [5.41, 5.74) is 7.38. The Morgan fingerprint density at radius 2 is 1.76 bits per heavy atom. The highest BCUT2D eigenvalue weighted by Gasteiger charge is 2.44. The second-order valence-electron chi connectivity index (χ2n) is 10.7. The van der Waals surface area contributed by atoms with Gasteiger partial charge < -0.3 is 15.8 Å². The van der Waals surface area contributed by atoms with E-state index in [9.17, 15) is 30.8 Å². The molecule has 2 unspecified atom stereocenters. The van der Waals surface area contributed by atoms with Crippen LogP contribution in [0.5, 0.6) is 5.75 Å². The summed E-state index contributed by atoms with van der Waals surface area (Å²) in [5, 5.41) is 7.13. The van der Waals surface area contributed by atoms with Gasteiger partial charge in [-0.25, -0.2) is 17.5 Å². The van der Waals surface area contributed by atoms with E-state index in [1.807, 2.05) is 0 Å². The largest absolute Gasteiger partial charge is 0.573 e. The minimum Gasteiger partial charge on any atom is -0.406 e. The summed E-state index contributed by atoms with van der Waals surface area (Å²) < 4.78 is 83.9. The highest BCUT2D eigenvalue weighted by molar-refractivity contribution is 7.89. The van der Waals surface area contributed by atoms with E-state index in [0.717, 1.165) is 56.0 Å². The number of amides is 1. The van der Waals surface area contributed by atoms with Crippen LogP contribution in [-0.2, 0) is 17.1 Å². The molecule has 2 atom stereocenters. The average molecular weight is 630 g/mol. The fraction of sp³-hybridized carbons (Fsp3) is 0.407. The molecule has 1 amide bonds. The maximum atomic E-state index is 13.5. The first kappa shape index (κ1) is 30.1. The average Bonchev–Trinajstić information content (AvgIpc) is 3.56. The lowest BCUT2D eigenvalue weighted by atomic mass is 9.93. The standard InChI is InChI=1S/C27H28ClF4N5O4S/c1-37-25(33)23(26(38)35-18-2-7-22(29)21(28)12-18)24(36-37)17-10-15-8-14(9-16(15)11-17)13-34-42(39,40)20-5-3-19(4-6-20)41-27(30,31)32/h2-7,12,14-17,34H,8-11,13,33H2,1H3,(H,35,38). The molecule has 2 aromatic carbocycles. The summed E-state index contributed by atoms with van der Waals surface area (Å²) in [5.74, 6) is -0.696. The molecule has 0 aliphatic heterocycles. The Kier molecular flexibility index (Phi) is 8.16. The van der Waals surface area contributed by atoms with Crippen molar-refractivity contribution in [1.29, 1.82) is 0 Å². The van der Waals surface area contributed by atoms with Crippen LogP contribution in [0.4, 0.5) is 29.1 Å². The molecule has 0 spiro atoms. The first-order valence-corrected chi connectivity index (χ1v) is 15.0. The molecule has 2 fully saturated rings. The van der Waals surface area contributed by atoms with Gasteiger partial charge in [0.25, 0.3) is 5.91 Å². The molecule has 4 N–H and O–H groups in total. The Bertz CT molecular complexity index is 1580. The van der Waals surface area contributed by atoms with Gasteiger partial charge in [-0.1, -0.05) is 11.6 Å². The smallest absolute Gasteiger partial charge is 0.406 e. The van der Waals surface area contributed by atoms with Crippen molar-refractivity contribution < 1.29 is 35.5 Å². The van der Waals surface area contributed by atoms with Crippen LogP contribution >= 0.6 is 11.6 Å². The van der Waals surface area contributed by atoms with E-state index in [2.05, 4.69) is 19.9 Å². The van der Waals surface area contributed by atoms with Crippen LogP contribution in [0.3, 0.4) is 0 Å². The molecule has 226 valence electrons. The molecule has 15 heteroatoms. The van der Waals surface area contributed by atoms with Crippen molar-refractivity contribution in [3.63, 3.8) is 0 Å². The number of aryl methyl sites for hydroxylation is 1. The fourth-order valence-electron chi connectivity index (χ4n) is 6.11. The maximum Gasteiger partial charge on any atom is 0.573 e. The molecular formula is C27H28ClF4N5O4S. The van der Waals surface area contributed by atoms with Crippen LogP contribution in [0, 0.1) is 23.6 Å². The van der Waals surface area contributed by atoms with Crippen LogP contribution < -0.4 is 20.5 Å². The SMILES string of the molecule is Cn1nc(C2CC3CC(CNS(=O)(=O)c4ccc(OC(F)(F)F)cc4)CC3C2)c(C(=O)Nc2ccc(F)c(Cl)c2)c1N. The Morgan fingerprint density at radius 1 is 1.12 bits per heavy atom. The number of rotatable bonds is 8. The summed E-state index contributed by atoms with van der Waals surface area (Å²) in [6.07, 6.45) is -1.80. The molecule has 1 heterocycles. The third kappa shape index (κ3) is 6.50. The van der Waals surface area contributed by atoms with Crippen LogP contribution in [-0.4, -0.2) is 37.0 Å². The molecule has 2 saturated carbocycles. The van der Waals surface area contributed by atoms with Crippen molar-refractivity contribution in [2.24, 2.45) is 24.8 Å². The predicted octanol–water partition coefficient (Wildman–Crippen LogP) is 5.44.